The van der Waals surface area contributed by atoms with E-state index in [2.05, 4.69) is 10.6 Å². The van der Waals surface area contributed by atoms with E-state index in [9.17, 15) is 4.79 Å². The first kappa shape index (κ1) is 17.7. The van der Waals surface area contributed by atoms with E-state index in [0.717, 1.165) is 11.4 Å². The van der Waals surface area contributed by atoms with Crippen LogP contribution in [0, 0.1) is 0 Å². The molecule has 1 rings (SSSR count). The normalized spacial score (nSPS) is 9.58. The maximum atomic E-state index is 11.5. The number of rotatable bonds is 8. The Hall–Kier alpha value is -1.30. The van der Waals surface area contributed by atoms with E-state index in [1.54, 1.807) is 7.11 Å². The van der Waals surface area contributed by atoms with E-state index < -0.39 is 0 Å². The van der Waals surface area contributed by atoms with Crippen molar-refractivity contribution in [3.05, 3.63) is 24.3 Å². The summed E-state index contributed by atoms with van der Waals surface area (Å²) in [5, 5.41) is 5.74. The summed E-state index contributed by atoms with van der Waals surface area (Å²) in [6.45, 7) is 1.75. The summed E-state index contributed by atoms with van der Waals surface area (Å²) in [4.78, 5) is 11.5. The highest BCUT2D eigenvalue weighted by Gasteiger charge is 2.01. The van der Waals surface area contributed by atoms with Crippen LogP contribution in [-0.2, 0) is 9.53 Å². The number of hydrogen-bond donors (Lipinski definition) is 2. The Morgan fingerprint density at radius 1 is 1.21 bits per heavy atom. The van der Waals surface area contributed by atoms with Gasteiger partial charge in [-0.05, 0) is 31.3 Å². The molecule has 1 aromatic rings. The average molecular weight is 289 g/mol. The second-order valence-electron chi connectivity index (χ2n) is 3.77. The summed E-state index contributed by atoms with van der Waals surface area (Å²) in [6.07, 6.45) is 0.461. The van der Waals surface area contributed by atoms with E-state index in [1.807, 2.05) is 31.3 Å². The van der Waals surface area contributed by atoms with Gasteiger partial charge in [-0.15, -0.1) is 12.4 Å². The van der Waals surface area contributed by atoms with Gasteiger partial charge in [0, 0.05) is 25.8 Å². The molecule has 0 radical (unpaired) electrons. The molecule has 5 nitrogen and oxygen atoms in total. The minimum Gasteiger partial charge on any atom is -0.491 e. The lowest BCUT2D eigenvalue weighted by Crippen LogP contribution is -2.18. The van der Waals surface area contributed by atoms with Gasteiger partial charge in [0.25, 0.3) is 0 Å². The first-order valence-corrected chi connectivity index (χ1v) is 5.92. The SMILES string of the molecule is CNCCC(=O)Nc1ccc(OCCOC)cc1.Cl. The lowest BCUT2D eigenvalue weighted by atomic mass is 10.3. The maximum Gasteiger partial charge on any atom is 0.225 e. The fourth-order valence-corrected chi connectivity index (χ4v) is 1.34. The highest BCUT2D eigenvalue weighted by Crippen LogP contribution is 2.15. The molecule has 0 aliphatic rings. The molecule has 6 heteroatoms. The number of methoxy groups -OCH3 is 1. The van der Waals surface area contributed by atoms with Gasteiger partial charge in [0.05, 0.1) is 6.61 Å². The van der Waals surface area contributed by atoms with Crippen molar-refractivity contribution in [2.75, 3.05) is 39.2 Å². The molecule has 0 aliphatic heterocycles. The first-order valence-electron chi connectivity index (χ1n) is 5.92. The molecule has 0 unspecified atom stereocenters. The van der Waals surface area contributed by atoms with Gasteiger partial charge in [-0.2, -0.15) is 0 Å². The summed E-state index contributed by atoms with van der Waals surface area (Å²) in [5.41, 5.74) is 0.773. The molecular weight excluding hydrogens is 268 g/mol. The molecule has 0 fully saturated rings. The molecule has 0 saturated carbocycles. The van der Waals surface area contributed by atoms with E-state index in [4.69, 9.17) is 9.47 Å². The molecule has 19 heavy (non-hydrogen) atoms. The fraction of sp³-hybridized carbons (Fsp3) is 0.462. The number of anilines is 1. The van der Waals surface area contributed by atoms with Crippen LogP contribution in [-0.4, -0.2) is 39.8 Å². The minimum atomic E-state index is -0.00241. The zero-order valence-corrected chi connectivity index (χ0v) is 12.1. The van der Waals surface area contributed by atoms with Crippen LogP contribution in [0.3, 0.4) is 0 Å². The first-order chi connectivity index (χ1) is 8.76. The second kappa shape index (κ2) is 10.6. The van der Waals surface area contributed by atoms with Gasteiger partial charge in [0.2, 0.25) is 5.91 Å². The van der Waals surface area contributed by atoms with E-state index >= 15 is 0 Å². The number of carbonyl (C=O) groups excluding carboxylic acids is 1. The summed E-state index contributed by atoms with van der Waals surface area (Å²) in [7, 11) is 3.45. The number of ether oxygens (including phenoxy) is 2. The van der Waals surface area contributed by atoms with Crippen molar-refractivity contribution in [3.8, 4) is 5.75 Å². The molecule has 2 N–H and O–H groups in total. The number of halogens is 1. The molecule has 1 amide bonds. The zero-order chi connectivity index (χ0) is 13.2. The van der Waals surface area contributed by atoms with Gasteiger partial charge in [0.15, 0.2) is 0 Å². The summed E-state index contributed by atoms with van der Waals surface area (Å²) in [6, 6.07) is 7.28. The molecule has 0 bridgehead atoms. The topological polar surface area (TPSA) is 59.6 Å². The second-order valence-corrected chi connectivity index (χ2v) is 3.77. The Balaban J connectivity index is 0.00000324. The average Bonchev–Trinajstić information content (AvgIpc) is 2.39. The van der Waals surface area contributed by atoms with Crippen molar-refractivity contribution in [2.24, 2.45) is 0 Å². The highest BCUT2D eigenvalue weighted by atomic mass is 35.5. The third-order valence-electron chi connectivity index (χ3n) is 2.30. The Morgan fingerprint density at radius 2 is 1.89 bits per heavy atom. The van der Waals surface area contributed by atoms with E-state index in [-0.39, 0.29) is 18.3 Å². The van der Waals surface area contributed by atoms with Crippen LogP contribution < -0.4 is 15.4 Å². The van der Waals surface area contributed by atoms with Crippen molar-refractivity contribution < 1.29 is 14.3 Å². The van der Waals surface area contributed by atoms with Gasteiger partial charge in [0.1, 0.15) is 12.4 Å². The molecule has 108 valence electrons. The van der Waals surface area contributed by atoms with Crippen LogP contribution in [0.5, 0.6) is 5.75 Å². The molecule has 0 heterocycles. The van der Waals surface area contributed by atoms with Crippen LogP contribution in [0.25, 0.3) is 0 Å². The van der Waals surface area contributed by atoms with Crippen LogP contribution in [0.2, 0.25) is 0 Å². The van der Waals surface area contributed by atoms with Crippen LogP contribution in [0.15, 0.2) is 24.3 Å². The number of amides is 1. The van der Waals surface area contributed by atoms with Gasteiger partial charge < -0.3 is 20.1 Å². The summed E-state index contributed by atoms with van der Waals surface area (Å²) in [5.74, 6) is 0.762. The van der Waals surface area contributed by atoms with Crippen molar-refractivity contribution in [3.63, 3.8) is 0 Å². The largest absolute Gasteiger partial charge is 0.491 e. The van der Waals surface area contributed by atoms with E-state index in [0.29, 0.717) is 26.2 Å². The predicted molar refractivity (Wildman–Crippen MR) is 78.2 cm³/mol. The predicted octanol–water partition coefficient (Wildman–Crippen LogP) is 1.68. The van der Waals surface area contributed by atoms with Gasteiger partial charge in [-0.3, -0.25) is 4.79 Å². The Morgan fingerprint density at radius 3 is 2.47 bits per heavy atom. The number of benzene rings is 1. The molecule has 1 aromatic carbocycles. The maximum absolute atomic E-state index is 11.5. The number of nitrogens with one attached hydrogen (secondary N) is 2. The van der Waals surface area contributed by atoms with Gasteiger partial charge >= 0.3 is 0 Å². The molecule has 0 spiro atoms. The van der Waals surface area contributed by atoms with Gasteiger partial charge in [-0.1, -0.05) is 0 Å². The van der Waals surface area contributed by atoms with Crippen LogP contribution in [0.1, 0.15) is 6.42 Å². The minimum absolute atomic E-state index is 0. The molecule has 0 saturated heterocycles. The third kappa shape index (κ3) is 7.66. The Bertz CT molecular complexity index is 357. The van der Waals surface area contributed by atoms with Crippen molar-refractivity contribution in [2.45, 2.75) is 6.42 Å². The van der Waals surface area contributed by atoms with Crippen LogP contribution in [0.4, 0.5) is 5.69 Å². The smallest absolute Gasteiger partial charge is 0.225 e. The highest BCUT2D eigenvalue weighted by molar-refractivity contribution is 5.90. The molecular formula is C13H21ClN2O3. The standard InChI is InChI=1S/C13H20N2O3.ClH/c1-14-8-7-13(16)15-11-3-5-12(6-4-11)18-10-9-17-2;/h3-6,14H,7-10H2,1-2H3,(H,15,16);1H. The van der Waals surface area contributed by atoms with Crippen molar-refractivity contribution >= 4 is 24.0 Å². The molecule has 0 aromatic heterocycles. The van der Waals surface area contributed by atoms with Crippen LogP contribution >= 0.6 is 12.4 Å². The van der Waals surface area contributed by atoms with Crippen molar-refractivity contribution in [1.82, 2.24) is 5.32 Å². The van der Waals surface area contributed by atoms with E-state index in [1.165, 1.54) is 0 Å². The lowest BCUT2D eigenvalue weighted by molar-refractivity contribution is -0.116. The van der Waals surface area contributed by atoms with Gasteiger partial charge in [-0.25, -0.2) is 0 Å². The quantitative estimate of drug-likeness (QED) is 0.715. The molecule has 0 atom stereocenters. The third-order valence-corrected chi connectivity index (χ3v) is 2.30. The Labute approximate surface area is 120 Å². The fourth-order valence-electron chi connectivity index (χ4n) is 1.34. The lowest BCUT2D eigenvalue weighted by Gasteiger charge is -2.08. The zero-order valence-electron chi connectivity index (χ0n) is 11.3. The Kier molecular flexibility index (Phi) is 9.88. The van der Waals surface area contributed by atoms with Crippen molar-refractivity contribution in [1.29, 1.82) is 0 Å². The molecule has 0 aliphatic carbocycles. The number of hydrogen-bond acceptors (Lipinski definition) is 4. The number of carbonyl (C=O) groups is 1. The monoisotopic (exact) mass is 288 g/mol. The summed E-state index contributed by atoms with van der Waals surface area (Å²) < 4.78 is 10.3. The summed E-state index contributed by atoms with van der Waals surface area (Å²) >= 11 is 0.